The van der Waals surface area contributed by atoms with E-state index >= 15 is 0 Å². The van der Waals surface area contributed by atoms with Crippen LogP contribution in [0.4, 0.5) is 11.8 Å². The Labute approximate surface area is 117 Å². The predicted molar refractivity (Wildman–Crippen MR) is 82.8 cm³/mol. The maximum atomic E-state index is 4.51. The second-order valence-electron chi connectivity index (χ2n) is 5.19. The highest BCUT2D eigenvalue weighted by Crippen LogP contribution is 2.13. The molecule has 0 aromatic carbocycles. The molecule has 4 nitrogen and oxygen atoms in total. The number of nitrogens with zero attached hydrogens (tertiary/aromatic N) is 2. The second kappa shape index (κ2) is 8.73. The summed E-state index contributed by atoms with van der Waals surface area (Å²) >= 11 is 0. The van der Waals surface area contributed by atoms with Gasteiger partial charge in [0, 0.05) is 24.3 Å². The van der Waals surface area contributed by atoms with Crippen molar-refractivity contribution in [1.29, 1.82) is 0 Å². The molecule has 0 amide bonds. The first-order valence-corrected chi connectivity index (χ1v) is 7.51. The Morgan fingerprint density at radius 1 is 1.16 bits per heavy atom. The second-order valence-corrected chi connectivity index (χ2v) is 5.19. The Hall–Kier alpha value is -1.32. The monoisotopic (exact) mass is 264 g/mol. The lowest BCUT2D eigenvalue weighted by atomic mass is 10.1. The molecule has 0 aliphatic carbocycles. The van der Waals surface area contributed by atoms with Gasteiger partial charge < -0.3 is 10.6 Å². The molecule has 1 heterocycles. The molecule has 108 valence electrons. The summed E-state index contributed by atoms with van der Waals surface area (Å²) in [6, 6.07) is 2.47. The van der Waals surface area contributed by atoms with Crippen LogP contribution in [0.25, 0.3) is 0 Å². The van der Waals surface area contributed by atoms with Crippen LogP contribution in [0.1, 0.15) is 58.6 Å². The molecule has 1 aromatic rings. The summed E-state index contributed by atoms with van der Waals surface area (Å²) in [7, 11) is 0. The van der Waals surface area contributed by atoms with Gasteiger partial charge in [0.15, 0.2) is 0 Å². The molecule has 0 aliphatic rings. The van der Waals surface area contributed by atoms with E-state index in [1.165, 1.54) is 25.7 Å². The molecule has 1 unspecified atom stereocenters. The highest BCUT2D eigenvalue weighted by atomic mass is 15.1. The van der Waals surface area contributed by atoms with Crippen LogP contribution in [0, 0.1) is 6.92 Å². The zero-order valence-corrected chi connectivity index (χ0v) is 12.8. The van der Waals surface area contributed by atoms with E-state index in [9.17, 15) is 0 Å². The largest absolute Gasteiger partial charge is 0.367 e. The molecule has 19 heavy (non-hydrogen) atoms. The van der Waals surface area contributed by atoms with Crippen LogP contribution in [0.2, 0.25) is 0 Å². The SMILES string of the molecule is CCCCCC(C)Nc1cc(C)nc(NCCC)n1. The Morgan fingerprint density at radius 2 is 1.95 bits per heavy atom. The van der Waals surface area contributed by atoms with Gasteiger partial charge in [0.25, 0.3) is 0 Å². The fraction of sp³-hybridized carbons (Fsp3) is 0.733. The average Bonchev–Trinajstić information content (AvgIpc) is 2.36. The molecule has 0 aliphatic heterocycles. The van der Waals surface area contributed by atoms with E-state index < -0.39 is 0 Å². The molecular weight excluding hydrogens is 236 g/mol. The standard InChI is InChI=1S/C15H28N4/c1-5-7-8-9-12(3)17-14-11-13(4)18-15(19-14)16-10-6-2/h11-12H,5-10H2,1-4H3,(H2,16,17,18,19). The fourth-order valence-electron chi connectivity index (χ4n) is 1.98. The highest BCUT2D eigenvalue weighted by molar-refractivity contribution is 5.42. The van der Waals surface area contributed by atoms with Crippen molar-refractivity contribution in [3.8, 4) is 0 Å². The van der Waals surface area contributed by atoms with Gasteiger partial charge in [-0.1, -0.05) is 33.1 Å². The molecule has 2 N–H and O–H groups in total. The van der Waals surface area contributed by atoms with Crippen LogP contribution in [0.5, 0.6) is 0 Å². The number of unbranched alkanes of at least 4 members (excludes halogenated alkanes) is 2. The number of anilines is 2. The fourth-order valence-corrected chi connectivity index (χ4v) is 1.98. The van der Waals surface area contributed by atoms with E-state index in [0.717, 1.165) is 30.4 Å². The lowest BCUT2D eigenvalue weighted by Crippen LogP contribution is -2.17. The lowest BCUT2D eigenvalue weighted by Gasteiger charge is -2.15. The summed E-state index contributed by atoms with van der Waals surface area (Å²) in [5.41, 5.74) is 0.997. The summed E-state index contributed by atoms with van der Waals surface area (Å²) in [6.07, 6.45) is 6.11. The van der Waals surface area contributed by atoms with E-state index in [4.69, 9.17) is 0 Å². The van der Waals surface area contributed by atoms with Crippen LogP contribution in [-0.2, 0) is 0 Å². The number of aromatic nitrogens is 2. The van der Waals surface area contributed by atoms with Crippen molar-refractivity contribution >= 4 is 11.8 Å². The molecule has 0 saturated carbocycles. The Bertz CT molecular complexity index is 365. The minimum Gasteiger partial charge on any atom is -0.367 e. The van der Waals surface area contributed by atoms with Gasteiger partial charge in [-0.2, -0.15) is 4.98 Å². The Balaban J connectivity index is 2.54. The number of hydrogen-bond donors (Lipinski definition) is 2. The molecule has 4 heteroatoms. The molecule has 0 radical (unpaired) electrons. The number of hydrogen-bond acceptors (Lipinski definition) is 4. The van der Waals surface area contributed by atoms with Crippen LogP contribution < -0.4 is 10.6 Å². The molecular formula is C15H28N4. The molecule has 0 bridgehead atoms. The van der Waals surface area contributed by atoms with Crippen molar-refractivity contribution in [2.45, 2.75) is 65.8 Å². The maximum absolute atomic E-state index is 4.51. The van der Waals surface area contributed by atoms with Gasteiger partial charge in [0.1, 0.15) is 5.82 Å². The molecule has 1 rings (SSSR count). The van der Waals surface area contributed by atoms with Gasteiger partial charge in [0.05, 0.1) is 0 Å². The van der Waals surface area contributed by atoms with Crippen LogP contribution in [-0.4, -0.2) is 22.6 Å². The number of aryl methyl sites for hydroxylation is 1. The maximum Gasteiger partial charge on any atom is 0.224 e. The van der Waals surface area contributed by atoms with E-state index in [1.54, 1.807) is 0 Å². The molecule has 1 aromatic heterocycles. The van der Waals surface area contributed by atoms with Crippen molar-refractivity contribution in [1.82, 2.24) is 9.97 Å². The quantitative estimate of drug-likeness (QED) is 0.662. The van der Waals surface area contributed by atoms with E-state index in [2.05, 4.69) is 41.4 Å². The number of rotatable bonds is 9. The Morgan fingerprint density at radius 3 is 2.63 bits per heavy atom. The number of nitrogens with one attached hydrogen (secondary N) is 2. The minimum atomic E-state index is 0.458. The van der Waals surface area contributed by atoms with Gasteiger partial charge in [-0.25, -0.2) is 4.98 Å². The Kier molecular flexibility index (Phi) is 7.23. The van der Waals surface area contributed by atoms with E-state index in [-0.39, 0.29) is 0 Å². The van der Waals surface area contributed by atoms with Crippen LogP contribution in [0.3, 0.4) is 0 Å². The first-order valence-electron chi connectivity index (χ1n) is 7.51. The first kappa shape index (κ1) is 15.7. The normalized spacial score (nSPS) is 12.2. The van der Waals surface area contributed by atoms with Crippen molar-refractivity contribution in [3.63, 3.8) is 0 Å². The van der Waals surface area contributed by atoms with Crippen LogP contribution >= 0.6 is 0 Å². The molecule has 0 saturated heterocycles. The first-order chi connectivity index (χ1) is 9.15. The molecule has 0 spiro atoms. The minimum absolute atomic E-state index is 0.458. The van der Waals surface area contributed by atoms with Crippen molar-refractivity contribution in [2.24, 2.45) is 0 Å². The predicted octanol–water partition coefficient (Wildman–Crippen LogP) is 3.99. The highest BCUT2D eigenvalue weighted by Gasteiger charge is 2.05. The van der Waals surface area contributed by atoms with Crippen molar-refractivity contribution < 1.29 is 0 Å². The van der Waals surface area contributed by atoms with Crippen molar-refractivity contribution in [2.75, 3.05) is 17.2 Å². The summed E-state index contributed by atoms with van der Waals surface area (Å²) in [6.45, 7) is 9.50. The van der Waals surface area contributed by atoms with Crippen LogP contribution in [0.15, 0.2) is 6.07 Å². The summed E-state index contributed by atoms with van der Waals surface area (Å²) in [5.74, 6) is 1.65. The smallest absolute Gasteiger partial charge is 0.224 e. The molecule has 0 fully saturated rings. The zero-order valence-electron chi connectivity index (χ0n) is 12.8. The summed E-state index contributed by atoms with van der Waals surface area (Å²) in [5, 5.41) is 6.71. The van der Waals surface area contributed by atoms with E-state index in [1.807, 2.05) is 13.0 Å². The lowest BCUT2D eigenvalue weighted by molar-refractivity contribution is 0.613. The van der Waals surface area contributed by atoms with Crippen molar-refractivity contribution in [3.05, 3.63) is 11.8 Å². The zero-order chi connectivity index (χ0) is 14.1. The molecule has 1 atom stereocenters. The summed E-state index contributed by atoms with van der Waals surface area (Å²) in [4.78, 5) is 8.90. The van der Waals surface area contributed by atoms with E-state index in [0.29, 0.717) is 6.04 Å². The van der Waals surface area contributed by atoms with Gasteiger partial charge in [0.2, 0.25) is 5.95 Å². The topological polar surface area (TPSA) is 49.8 Å². The average molecular weight is 264 g/mol. The third-order valence-corrected chi connectivity index (χ3v) is 3.02. The third-order valence-electron chi connectivity index (χ3n) is 3.02. The summed E-state index contributed by atoms with van der Waals surface area (Å²) < 4.78 is 0. The van der Waals surface area contributed by atoms with Gasteiger partial charge >= 0.3 is 0 Å². The van der Waals surface area contributed by atoms with Gasteiger partial charge in [-0.15, -0.1) is 0 Å². The third kappa shape index (κ3) is 6.41. The van der Waals surface area contributed by atoms with Gasteiger partial charge in [-0.3, -0.25) is 0 Å². The van der Waals surface area contributed by atoms with Gasteiger partial charge in [-0.05, 0) is 26.7 Å².